The van der Waals surface area contributed by atoms with Crippen molar-refractivity contribution in [3.63, 3.8) is 0 Å². The van der Waals surface area contributed by atoms with E-state index in [2.05, 4.69) is 59.1 Å². The highest BCUT2D eigenvalue weighted by Gasteiger charge is 2.36. The van der Waals surface area contributed by atoms with Crippen molar-refractivity contribution in [2.24, 2.45) is 16.3 Å². The lowest BCUT2D eigenvalue weighted by atomic mass is 9.67. The normalized spacial score (nSPS) is 17.5. The highest BCUT2D eigenvalue weighted by molar-refractivity contribution is 5.79. The van der Waals surface area contributed by atoms with Gasteiger partial charge in [0.25, 0.3) is 0 Å². The molecule has 0 amide bonds. The van der Waals surface area contributed by atoms with Crippen LogP contribution in [0.4, 0.5) is 5.69 Å². The molecule has 0 saturated heterocycles. The number of benzene rings is 1. The van der Waals surface area contributed by atoms with Gasteiger partial charge in [-0.1, -0.05) is 38.5 Å². The molecule has 0 spiro atoms. The van der Waals surface area contributed by atoms with Crippen LogP contribution in [0.15, 0.2) is 35.3 Å². The first-order valence-corrected chi connectivity index (χ1v) is 9.83. The zero-order valence-electron chi connectivity index (χ0n) is 16.8. The van der Waals surface area contributed by atoms with Crippen LogP contribution in [0.25, 0.3) is 0 Å². The standard InChI is InChI=1S/C21H36N4O/c1-17(2)19(25-18-9-6-5-7-10-18)15-23-20(22-3)24-16-21(11-8-12-21)13-14-26-4/h5-7,9-10,17,19,25H,8,11-16H2,1-4H3,(H2,22,23,24). The molecule has 1 aliphatic carbocycles. The summed E-state index contributed by atoms with van der Waals surface area (Å²) in [6.07, 6.45) is 5.01. The summed E-state index contributed by atoms with van der Waals surface area (Å²) in [6.45, 7) is 7.12. The van der Waals surface area contributed by atoms with Gasteiger partial charge in [-0.3, -0.25) is 4.99 Å². The van der Waals surface area contributed by atoms with E-state index in [0.29, 0.717) is 17.4 Å². The zero-order chi connectivity index (χ0) is 18.8. The van der Waals surface area contributed by atoms with E-state index in [1.165, 1.54) is 19.3 Å². The van der Waals surface area contributed by atoms with Gasteiger partial charge < -0.3 is 20.7 Å². The molecule has 0 radical (unpaired) electrons. The van der Waals surface area contributed by atoms with Gasteiger partial charge in [-0.25, -0.2) is 0 Å². The third-order valence-electron chi connectivity index (χ3n) is 5.53. The van der Waals surface area contributed by atoms with Crippen molar-refractivity contribution in [2.75, 3.05) is 39.2 Å². The fourth-order valence-corrected chi connectivity index (χ4v) is 3.41. The maximum Gasteiger partial charge on any atom is 0.191 e. The number of guanidine groups is 1. The van der Waals surface area contributed by atoms with Crippen LogP contribution in [0.2, 0.25) is 0 Å². The number of nitrogens with zero attached hydrogens (tertiary/aromatic N) is 1. The van der Waals surface area contributed by atoms with Crippen molar-refractivity contribution in [3.05, 3.63) is 30.3 Å². The van der Waals surface area contributed by atoms with Gasteiger partial charge in [-0.2, -0.15) is 0 Å². The van der Waals surface area contributed by atoms with E-state index in [9.17, 15) is 0 Å². The Balaban J connectivity index is 1.82. The molecule has 0 aromatic heterocycles. The van der Waals surface area contributed by atoms with Gasteiger partial charge in [0.1, 0.15) is 0 Å². The van der Waals surface area contributed by atoms with E-state index in [1.54, 1.807) is 7.11 Å². The van der Waals surface area contributed by atoms with E-state index in [0.717, 1.165) is 37.8 Å². The molecule has 5 nitrogen and oxygen atoms in total. The Labute approximate surface area is 159 Å². The Bertz CT molecular complexity index is 540. The monoisotopic (exact) mass is 360 g/mol. The number of methoxy groups -OCH3 is 1. The quantitative estimate of drug-likeness (QED) is 0.442. The second-order valence-electron chi connectivity index (χ2n) is 7.76. The molecule has 0 heterocycles. The summed E-state index contributed by atoms with van der Waals surface area (Å²) < 4.78 is 5.29. The number of nitrogens with one attached hydrogen (secondary N) is 3. The molecule has 1 aromatic rings. The number of hydrogen-bond acceptors (Lipinski definition) is 3. The molecular weight excluding hydrogens is 324 g/mol. The molecular formula is C21H36N4O. The van der Waals surface area contributed by atoms with Crippen LogP contribution in [-0.4, -0.2) is 45.9 Å². The van der Waals surface area contributed by atoms with Crippen molar-refractivity contribution in [2.45, 2.75) is 45.6 Å². The maximum atomic E-state index is 5.29. The highest BCUT2D eigenvalue weighted by Crippen LogP contribution is 2.43. The molecule has 1 aliphatic rings. The molecule has 1 aromatic carbocycles. The predicted octanol–water partition coefficient (Wildman–Crippen LogP) is 3.49. The smallest absolute Gasteiger partial charge is 0.191 e. The van der Waals surface area contributed by atoms with Gasteiger partial charge in [0.2, 0.25) is 0 Å². The average molecular weight is 361 g/mol. The summed E-state index contributed by atoms with van der Waals surface area (Å²) >= 11 is 0. The number of aliphatic imine (C=N–C) groups is 1. The summed E-state index contributed by atoms with van der Waals surface area (Å²) in [6, 6.07) is 10.7. The first kappa shape index (κ1) is 20.6. The van der Waals surface area contributed by atoms with Gasteiger partial charge in [0.05, 0.1) is 0 Å². The third-order valence-corrected chi connectivity index (χ3v) is 5.53. The number of rotatable bonds is 10. The molecule has 1 unspecified atom stereocenters. The molecule has 5 heteroatoms. The van der Waals surface area contributed by atoms with E-state index in [-0.39, 0.29) is 0 Å². The van der Waals surface area contributed by atoms with Crippen molar-refractivity contribution < 1.29 is 4.74 Å². The molecule has 146 valence electrons. The van der Waals surface area contributed by atoms with Gasteiger partial charge in [0, 0.05) is 45.6 Å². The van der Waals surface area contributed by atoms with E-state index < -0.39 is 0 Å². The lowest BCUT2D eigenvalue weighted by Gasteiger charge is -2.42. The summed E-state index contributed by atoms with van der Waals surface area (Å²) in [7, 11) is 3.62. The summed E-state index contributed by atoms with van der Waals surface area (Å²) in [4.78, 5) is 4.40. The Morgan fingerprint density at radius 2 is 1.92 bits per heavy atom. The van der Waals surface area contributed by atoms with Crippen LogP contribution in [0.5, 0.6) is 0 Å². The Morgan fingerprint density at radius 1 is 1.19 bits per heavy atom. The maximum absolute atomic E-state index is 5.29. The molecule has 1 atom stereocenters. The Morgan fingerprint density at radius 3 is 2.46 bits per heavy atom. The lowest BCUT2D eigenvalue weighted by Crippen LogP contribution is -2.49. The molecule has 1 fully saturated rings. The van der Waals surface area contributed by atoms with E-state index in [1.807, 2.05) is 13.1 Å². The van der Waals surface area contributed by atoms with Crippen LogP contribution < -0.4 is 16.0 Å². The molecule has 1 saturated carbocycles. The van der Waals surface area contributed by atoms with Crippen molar-refractivity contribution in [3.8, 4) is 0 Å². The van der Waals surface area contributed by atoms with Crippen molar-refractivity contribution >= 4 is 11.6 Å². The minimum atomic E-state index is 0.335. The molecule has 3 N–H and O–H groups in total. The summed E-state index contributed by atoms with van der Waals surface area (Å²) in [5.74, 6) is 1.40. The predicted molar refractivity (Wildman–Crippen MR) is 111 cm³/mol. The number of ether oxygens (including phenoxy) is 1. The van der Waals surface area contributed by atoms with Gasteiger partial charge >= 0.3 is 0 Å². The van der Waals surface area contributed by atoms with E-state index in [4.69, 9.17) is 4.74 Å². The fraction of sp³-hybridized carbons (Fsp3) is 0.667. The number of anilines is 1. The first-order valence-electron chi connectivity index (χ1n) is 9.83. The summed E-state index contributed by atoms with van der Waals surface area (Å²) in [5.41, 5.74) is 1.54. The van der Waals surface area contributed by atoms with Gasteiger partial charge in [-0.05, 0) is 42.7 Å². The largest absolute Gasteiger partial charge is 0.385 e. The minimum Gasteiger partial charge on any atom is -0.385 e. The second-order valence-corrected chi connectivity index (χ2v) is 7.76. The van der Waals surface area contributed by atoms with E-state index >= 15 is 0 Å². The van der Waals surface area contributed by atoms with Crippen LogP contribution >= 0.6 is 0 Å². The molecule has 0 aliphatic heterocycles. The fourth-order valence-electron chi connectivity index (χ4n) is 3.41. The van der Waals surface area contributed by atoms with Crippen LogP contribution in [0.3, 0.4) is 0 Å². The average Bonchev–Trinajstić information content (AvgIpc) is 2.62. The number of para-hydroxylation sites is 1. The second kappa shape index (κ2) is 10.4. The van der Waals surface area contributed by atoms with Crippen molar-refractivity contribution in [1.29, 1.82) is 0 Å². The number of hydrogen-bond donors (Lipinski definition) is 3. The van der Waals surface area contributed by atoms with Gasteiger partial charge in [-0.15, -0.1) is 0 Å². The Hall–Kier alpha value is -1.75. The molecule has 0 bridgehead atoms. The molecule has 26 heavy (non-hydrogen) atoms. The Kier molecular flexibility index (Phi) is 8.23. The van der Waals surface area contributed by atoms with Gasteiger partial charge in [0.15, 0.2) is 5.96 Å². The lowest BCUT2D eigenvalue weighted by molar-refractivity contribution is 0.0732. The first-order chi connectivity index (χ1) is 12.6. The van der Waals surface area contributed by atoms with Crippen LogP contribution in [0.1, 0.15) is 39.5 Å². The molecule has 2 rings (SSSR count). The topological polar surface area (TPSA) is 57.7 Å². The summed E-state index contributed by atoms with van der Waals surface area (Å²) in [5, 5.41) is 10.6. The zero-order valence-corrected chi connectivity index (χ0v) is 16.8. The van der Waals surface area contributed by atoms with Crippen LogP contribution in [-0.2, 0) is 4.74 Å². The third kappa shape index (κ3) is 6.20. The van der Waals surface area contributed by atoms with Crippen LogP contribution in [0, 0.1) is 11.3 Å². The minimum absolute atomic E-state index is 0.335. The SMILES string of the molecule is CN=C(NCC(Nc1ccccc1)C(C)C)NCC1(CCOC)CCC1. The highest BCUT2D eigenvalue weighted by atomic mass is 16.5. The van der Waals surface area contributed by atoms with Crippen molar-refractivity contribution in [1.82, 2.24) is 10.6 Å².